The van der Waals surface area contributed by atoms with Crippen LogP contribution >= 0.6 is 0 Å². The van der Waals surface area contributed by atoms with Gasteiger partial charge in [-0.3, -0.25) is 9.59 Å². The van der Waals surface area contributed by atoms with Gasteiger partial charge in [0.2, 0.25) is 11.7 Å². The van der Waals surface area contributed by atoms with Crippen molar-refractivity contribution in [3.05, 3.63) is 57.5 Å². The summed E-state index contributed by atoms with van der Waals surface area (Å²) in [4.78, 5) is 29.1. The fourth-order valence-corrected chi connectivity index (χ4v) is 3.18. The van der Waals surface area contributed by atoms with E-state index in [0.29, 0.717) is 35.1 Å². The van der Waals surface area contributed by atoms with Crippen LogP contribution in [0.15, 0.2) is 39.6 Å². The summed E-state index contributed by atoms with van der Waals surface area (Å²) in [6.07, 6.45) is 0. The van der Waals surface area contributed by atoms with E-state index in [9.17, 15) is 9.59 Å². The van der Waals surface area contributed by atoms with Crippen molar-refractivity contribution in [1.82, 2.24) is 20.0 Å². The van der Waals surface area contributed by atoms with E-state index in [-0.39, 0.29) is 24.1 Å². The number of benzene rings is 1. The number of nitrogens with one attached hydrogen (secondary N) is 1. The van der Waals surface area contributed by atoms with Crippen molar-refractivity contribution < 1.29 is 9.32 Å². The molecule has 8 heteroatoms. The minimum absolute atomic E-state index is 0.00687. The van der Waals surface area contributed by atoms with Crippen molar-refractivity contribution in [3.8, 4) is 22.8 Å². The lowest BCUT2D eigenvalue weighted by molar-refractivity contribution is -0.122. The predicted molar refractivity (Wildman–Crippen MR) is 110 cm³/mol. The van der Waals surface area contributed by atoms with E-state index < -0.39 is 0 Å². The molecule has 3 rings (SSSR count). The van der Waals surface area contributed by atoms with Gasteiger partial charge >= 0.3 is 0 Å². The van der Waals surface area contributed by atoms with Crippen LogP contribution in [0.25, 0.3) is 22.8 Å². The van der Waals surface area contributed by atoms with Crippen LogP contribution in [0.1, 0.15) is 30.7 Å². The van der Waals surface area contributed by atoms with Crippen molar-refractivity contribution in [2.45, 2.75) is 46.8 Å². The summed E-state index contributed by atoms with van der Waals surface area (Å²) in [6, 6.07) is 9.06. The lowest BCUT2D eigenvalue weighted by Crippen LogP contribution is -2.36. The summed E-state index contributed by atoms with van der Waals surface area (Å²) in [6.45, 7) is 7.70. The van der Waals surface area contributed by atoms with Crippen LogP contribution in [0.2, 0.25) is 0 Å². The normalized spacial score (nSPS) is 11.1. The Balaban J connectivity index is 1.98. The molecular weight excluding hydrogens is 370 g/mol. The van der Waals surface area contributed by atoms with Crippen LogP contribution in [0, 0.1) is 13.8 Å². The third-order valence-corrected chi connectivity index (χ3v) is 4.61. The predicted octanol–water partition coefficient (Wildman–Crippen LogP) is 2.17. The van der Waals surface area contributed by atoms with Gasteiger partial charge in [0.15, 0.2) is 0 Å². The molecule has 1 aromatic carbocycles. The molecule has 0 fully saturated rings. The van der Waals surface area contributed by atoms with Gasteiger partial charge in [0.1, 0.15) is 6.54 Å². The number of pyridine rings is 1. The molecule has 29 heavy (non-hydrogen) atoms. The molecule has 8 nitrogen and oxygen atoms in total. The standard InChI is InChI=1S/C21H25N5O3/c1-12(2)23-17(27)11-26-14(4)19(13(3)9-18(26)28)21-24-20(25-29-21)16-7-5-15(10-22)6-8-16/h5-9,12H,10-11,22H2,1-4H3,(H,23,27). The van der Waals surface area contributed by atoms with E-state index in [1.807, 2.05) is 45.0 Å². The molecule has 3 aromatic rings. The Morgan fingerprint density at radius 2 is 1.93 bits per heavy atom. The Labute approximate surface area is 168 Å². The highest BCUT2D eigenvalue weighted by atomic mass is 16.5. The Kier molecular flexibility index (Phi) is 5.93. The number of aromatic nitrogens is 3. The SMILES string of the molecule is Cc1cc(=O)n(CC(=O)NC(C)C)c(C)c1-c1nc(-c2ccc(CN)cc2)no1. The molecule has 0 saturated heterocycles. The number of aryl methyl sites for hydroxylation is 1. The lowest BCUT2D eigenvalue weighted by atomic mass is 10.1. The summed E-state index contributed by atoms with van der Waals surface area (Å²) < 4.78 is 6.90. The zero-order chi connectivity index (χ0) is 21.1. The van der Waals surface area contributed by atoms with Gasteiger partial charge in [0.25, 0.3) is 11.4 Å². The van der Waals surface area contributed by atoms with Crippen molar-refractivity contribution in [1.29, 1.82) is 0 Å². The molecule has 0 aliphatic rings. The van der Waals surface area contributed by atoms with E-state index in [0.717, 1.165) is 11.1 Å². The topological polar surface area (TPSA) is 116 Å². The molecule has 152 valence electrons. The second-order valence-corrected chi connectivity index (χ2v) is 7.26. The highest BCUT2D eigenvalue weighted by Gasteiger charge is 2.19. The van der Waals surface area contributed by atoms with Crippen molar-refractivity contribution >= 4 is 5.91 Å². The molecule has 0 radical (unpaired) electrons. The highest BCUT2D eigenvalue weighted by Crippen LogP contribution is 2.27. The molecule has 1 amide bonds. The van der Waals surface area contributed by atoms with E-state index in [2.05, 4.69) is 15.5 Å². The number of hydrogen-bond acceptors (Lipinski definition) is 6. The lowest BCUT2D eigenvalue weighted by Gasteiger charge is -2.15. The number of amides is 1. The quantitative estimate of drug-likeness (QED) is 0.661. The number of nitrogens with two attached hydrogens (primary N) is 1. The van der Waals surface area contributed by atoms with Gasteiger partial charge in [0, 0.05) is 29.9 Å². The third kappa shape index (κ3) is 4.43. The first-order chi connectivity index (χ1) is 13.8. The van der Waals surface area contributed by atoms with Crippen molar-refractivity contribution in [2.24, 2.45) is 5.73 Å². The van der Waals surface area contributed by atoms with Crippen LogP contribution in [-0.4, -0.2) is 26.7 Å². The van der Waals surface area contributed by atoms with Gasteiger partial charge < -0.3 is 20.1 Å². The molecule has 0 unspecified atom stereocenters. The van der Waals surface area contributed by atoms with Gasteiger partial charge in [0.05, 0.1) is 5.56 Å². The number of carbonyl (C=O) groups is 1. The van der Waals surface area contributed by atoms with Gasteiger partial charge in [-0.25, -0.2) is 0 Å². The Hall–Kier alpha value is -3.26. The van der Waals surface area contributed by atoms with E-state index in [1.54, 1.807) is 6.92 Å². The first kappa shape index (κ1) is 20.5. The fourth-order valence-electron chi connectivity index (χ4n) is 3.18. The highest BCUT2D eigenvalue weighted by molar-refractivity contribution is 5.76. The Morgan fingerprint density at radius 1 is 1.24 bits per heavy atom. The summed E-state index contributed by atoms with van der Waals surface area (Å²) >= 11 is 0. The molecule has 0 spiro atoms. The van der Waals surface area contributed by atoms with Gasteiger partial charge in [-0.1, -0.05) is 29.4 Å². The summed E-state index contributed by atoms with van der Waals surface area (Å²) in [5, 5.41) is 6.86. The molecule has 2 heterocycles. The molecular formula is C21H25N5O3. The molecule has 0 saturated carbocycles. The van der Waals surface area contributed by atoms with E-state index >= 15 is 0 Å². The van der Waals surface area contributed by atoms with Crippen molar-refractivity contribution in [3.63, 3.8) is 0 Å². The Bertz CT molecular complexity index is 1080. The summed E-state index contributed by atoms with van der Waals surface area (Å²) in [5.74, 6) is 0.514. The molecule has 0 aliphatic carbocycles. The number of rotatable bonds is 6. The number of nitrogens with zero attached hydrogens (tertiary/aromatic N) is 3. The maximum Gasteiger partial charge on any atom is 0.260 e. The number of carbonyl (C=O) groups excluding carboxylic acids is 1. The zero-order valence-electron chi connectivity index (χ0n) is 17.0. The second-order valence-electron chi connectivity index (χ2n) is 7.26. The largest absolute Gasteiger partial charge is 0.352 e. The maximum atomic E-state index is 12.5. The first-order valence-corrected chi connectivity index (χ1v) is 9.44. The monoisotopic (exact) mass is 395 g/mol. The van der Waals surface area contributed by atoms with E-state index in [1.165, 1.54) is 10.6 Å². The van der Waals surface area contributed by atoms with Gasteiger partial charge in [-0.15, -0.1) is 0 Å². The van der Waals surface area contributed by atoms with E-state index in [4.69, 9.17) is 10.3 Å². The minimum atomic E-state index is -0.250. The third-order valence-electron chi connectivity index (χ3n) is 4.61. The van der Waals surface area contributed by atoms with Crippen LogP contribution < -0.4 is 16.6 Å². The molecule has 2 aromatic heterocycles. The molecule has 3 N–H and O–H groups in total. The summed E-state index contributed by atoms with van der Waals surface area (Å²) in [7, 11) is 0. The van der Waals surface area contributed by atoms with Crippen LogP contribution in [0.5, 0.6) is 0 Å². The number of hydrogen-bond donors (Lipinski definition) is 2. The zero-order valence-corrected chi connectivity index (χ0v) is 17.0. The Morgan fingerprint density at radius 3 is 2.55 bits per heavy atom. The fraction of sp³-hybridized carbons (Fsp3) is 0.333. The second kappa shape index (κ2) is 8.40. The average molecular weight is 395 g/mol. The minimum Gasteiger partial charge on any atom is -0.352 e. The molecule has 0 atom stereocenters. The molecule has 0 aliphatic heterocycles. The molecule has 0 bridgehead atoms. The van der Waals surface area contributed by atoms with Crippen LogP contribution in [0.3, 0.4) is 0 Å². The summed E-state index contributed by atoms with van der Waals surface area (Å²) in [5.41, 5.74) is 9.16. The average Bonchev–Trinajstić information content (AvgIpc) is 3.14. The van der Waals surface area contributed by atoms with Gasteiger partial charge in [-0.05, 0) is 38.8 Å². The van der Waals surface area contributed by atoms with Crippen LogP contribution in [0.4, 0.5) is 0 Å². The first-order valence-electron chi connectivity index (χ1n) is 9.44. The van der Waals surface area contributed by atoms with Crippen molar-refractivity contribution in [2.75, 3.05) is 0 Å². The maximum absolute atomic E-state index is 12.5. The van der Waals surface area contributed by atoms with Gasteiger partial charge in [-0.2, -0.15) is 4.98 Å². The smallest absolute Gasteiger partial charge is 0.260 e. The van der Waals surface area contributed by atoms with Crippen LogP contribution in [-0.2, 0) is 17.9 Å².